The van der Waals surface area contributed by atoms with Crippen molar-refractivity contribution in [1.82, 2.24) is 0 Å². The minimum atomic E-state index is -8.01. The van der Waals surface area contributed by atoms with E-state index in [2.05, 4.69) is 4.18 Å². The number of hydrogen-bond donors (Lipinski definition) is 1. The average molecular weight is 1080 g/mol. The van der Waals surface area contributed by atoms with Crippen LogP contribution in [-0.4, -0.2) is 132 Å². The van der Waals surface area contributed by atoms with Gasteiger partial charge in [0, 0.05) is 0 Å². The minimum Gasteiger partial charge on any atom is -0.390 e. The van der Waals surface area contributed by atoms with Gasteiger partial charge in [-0.05, 0) is 0 Å². The van der Waals surface area contributed by atoms with E-state index in [0.29, 0.717) is 0 Å². The van der Waals surface area contributed by atoms with Gasteiger partial charge in [-0.3, -0.25) is 4.18 Å². The number of rotatable bonds is 16. The van der Waals surface area contributed by atoms with Gasteiger partial charge in [0.25, 0.3) is 0 Å². The molecule has 0 saturated heterocycles. The van der Waals surface area contributed by atoms with E-state index in [1.807, 2.05) is 3.63 Å². The van der Waals surface area contributed by atoms with Crippen LogP contribution < -0.4 is 0 Å². The van der Waals surface area contributed by atoms with Crippen molar-refractivity contribution in [1.29, 1.82) is 0 Å². The van der Waals surface area contributed by atoms with Crippen LogP contribution in [0.4, 0.5) is 145 Å². The summed E-state index contributed by atoms with van der Waals surface area (Å²) in [6.07, 6.45) is -11.3. The molecule has 62 heavy (non-hydrogen) atoms. The maximum Gasteiger partial charge on any atom is 0.524 e. The van der Waals surface area contributed by atoms with Gasteiger partial charge in [-0.25, -0.2) is 17.6 Å². The Morgan fingerprint density at radius 1 is 0.355 bits per heavy atom. The van der Waals surface area contributed by atoms with Crippen molar-refractivity contribution in [3.05, 3.63) is 0 Å². The molecule has 0 aliphatic rings. The van der Waals surface area contributed by atoms with Gasteiger partial charge in [-0.1, -0.05) is 0 Å². The summed E-state index contributed by atoms with van der Waals surface area (Å²) in [5.74, 6) is -73.4. The van der Waals surface area contributed by atoms with Gasteiger partial charge in [-0.15, -0.1) is 3.63 Å². The maximum absolute atomic E-state index is 13.0. The highest BCUT2D eigenvalue weighted by molar-refractivity contribution is 8.00. The highest BCUT2D eigenvalue weighted by Crippen LogP contribution is 2.59. The van der Waals surface area contributed by atoms with Crippen LogP contribution in [0, 0.1) is 0 Å². The molecule has 0 bridgehead atoms. The van der Waals surface area contributed by atoms with Crippen LogP contribution in [0.15, 0.2) is 0 Å². The summed E-state index contributed by atoms with van der Waals surface area (Å²) in [6, 6.07) is 0. The van der Waals surface area contributed by atoms with Crippen molar-refractivity contribution in [2.75, 3.05) is 13.2 Å². The zero-order valence-corrected chi connectivity index (χ0v) is 28.9. The first kappa shape index (κ1) is 63.7. The molecule has 1 N–H and O–H groups in total. The van der Waals surface area contributed by atoms with Crippen LogP contribution in [0.2, 0.25) is 0 Å². The summed E-state index contributed by atoms with van der Waals surface area (Å²) >= 11 is 0. The largest absolute Gasteiger partial charge is 0.524 e. The van der Waals surface area contributed by atoms with Crippen molar-refractivity contribution in [2.45, 2.75) is 88.6 Å². The van der Waals surface area contributed by atoms with Gasteiger partial charge in [0.05, 0.1) is 0 Å². The zero-order chi connectivity index (χ0) is 52.0. The van der Waals surface area contributed by atoms with E-state index in [-0.39, 0.29) is 0 Å². The fraction of sp³-hybridized carbons (Fsp3) is 1.00. The number of alkyl halides is 33. The van der Waals surface area contributed by atoms with Gasteiger partial charge in [0.2, 0.25) is 0 Å². The molecule has 0 fully saturated rings. The SMILES string of the molecule is O=S(=O)(OCC(F)(F)C(F)(F)C(F)(F)C(F)(F)C(F)(F)C(F)F)C(F)(F)F.O=S(=O)(OS(=O)(=O)C(F)(F)F)C(F)(F)F.OCC(F)(F)C(F)(F)C(F)(F)C(F)(F)C(F)(F)C(F)F. The Morgan fingerprint density at radius 3 is 0.774 bits per heavy atom. The predicted molar refractivity (Wildman–Crippen MR) is 121 cm³/mol. The molecule has 0 spiro atoms. The third-order valence-corrected chi connectivity index (χ3v) is 9.07. The first-order valence-electron chi connectivity index (χ1n) is 12.4. The van der Waals surface area contributed by atoms with E-state index in [0.717, 1.165) is 0 Å². The van der Waals surface area contributed by atoms with Crippen molar-refractivity contribution in [2.24, 2.45) is 0 Å². The van der Waals surface area contributed by atoms with E-state index in [4.69, 9.17) is 5.11 Å². The van der Waals surface area contributed by atoms with E-state index >= 15 is 0 Å². The highest BCUT2D eigenvalue weighted by atomic mass is 32.3. The minimum absolute atomic E-state index is 2.05. The summed E-state index contributed by atoms with van der Waals surface area (Å²) in [6.45, 7) is -6.97. The molecule has 45 heteroatoms. The van der Waals surface area contributed by atoms with Crippen molar-refractivity contribution in [3.8, 4) is 0 Å². The van der Waals surface area contributed by atoms with Crippen molar-refractivity contribution in [3.63, 3.8) is 0 Å². The maximum atomic E-state index is 13.0. The van der Waals surface area contributed by atoms with Crippen LogP contribution in [0.5, 0.6) is 0 Å². The lowest BCUT2D eigenvalue weighted by Gasteiger charge is -2.38. The average Bonchev–Trinajstić information content (AvgIpc) is 3.01. The third-order valence-electron chi connectivity index (χ3n) is 5.50. The molecule has 0 aromatic carbocycles. The summed E-state index contributed by atoms with van der Waals surface area (Å²) < 4.78 is 468. The molecule has 0 radical (unpaired) electrons. The van der Waals surface area contributed by atoms with Crippen LogP contribution in [0.1, 0.15) is 0 Å². The van der Waals surface area contributed by atoms with Gasteiger partial charge >= 0.3 is 119 Å². The fourth-order valence-electron chi connectivity index (χ4n) is 2.15. The van der Waals surface area contributed by atoms with Gasteiger partial charge in [0.15, 0.2) is 0 Å². The summed E-state index contributed by atoms with van der Waals surface area (Å²) in [5, 5.41) is 7.73. The number of halogens is 33. The van der Waals surface area contributed by atoms with Crippen LogP contribution in [-0.2, 0) is 38.2 Å². The van der Waals surface area contributed by atoms with E-state index < -0.39 is 132 Å². The van der Waals surface area contributed by atoms with Crippen molar-refractivity contribution >= 4 is 30.4 Å². The van der Waals surface area contributed by atoms with Crippen LogP contribution in [0.25, 0.3) is 0 Å². The topological polar surface area (TPSA) is 141 Å². The molecule has 0 saturated carbocycles. The highest BCUT2D eigenvalue weighted by Gasteiger charge is 2.89. The lowest BCUT2D eigenvalue weighted by Crippen LogP contribution is -2.69. The third kappa shape index (κ3) is 11.8. The Kier molecular flexibility index (Phi) is 18.5. The number of hydrogen-bond acceptors (Lipinski definition) is 9. The quantitative estimate of drug-likeness (QED) is 0.0917. The molecule has 0 aromatic rings. The predicted octanol–water partition coefficient (Wildman–Crippen LogP) is 8.42. The summed E-state index contributed by atoms with van der Waals surface area (Å²) in [7, 11) is -20.8. The Bertz CT molecular complexity index is 1780. The Labute approximate surface area is 316 Å². The second-order valence-corrected chi connectivity index (χ2v) is 14.8. The molecule has 0 unspecified atom stereocenters. The first-order chi connectivity index (χ1) is 26.1. The van der Waals surface area contributed by atoms with Crippen LogP contribution in [0.3, 0.4) is 0 Å². The molecule has 0 rings (SSSR count). The molecule has 0 aliphatic carbocycles. The van der Waals surface area contributed by atoms with E-state index in [1.54, 1.807) is 0 Å². The number of aliphatic hydroxyl groups excluding tert-OH is 1. The molecule has 0 aliphatic heterocycles. The molecule has 0 amide bonds. The smallest absolute Gasteiger partial charge is 0.390 e. The van der Waals surface area contributed by atoms with Crippen LogP contribution >= 0.6 is 0 Å². The second kappa shape index (κ2) is 18.0. The van der Waals surface area contributed by atoms with Gasteiger partial charge in [-0.2, -0.15) is 153 Å². The first-order valence-corrected chi connectivity index (χ1v) is 16.6. The fourth-order valence-corrected chi connectivity index (χ4v) is 4.15. The number of aliphatic hydroxyl groups is 1. The van der Waals surface area contributed by atoms with E-state index in [9.17, 15) is 170 Å². The Hall–Kier alpha value is -2.58. The normalized spacial score (nSPS) is 15.9. The molecule has 0 atom stereocenters. The van der Waals surface area contributed by atoms with Crippen molar-refractivity contribution < 1.29 is 183 Å². The van der Waals surface area contributed by atoms with Gasteiger partial charge in [0.1, 0.15) is 13.2 Å². The Morgan fingerprint density at radius 2 is 0.581 bits per heavy atom. The van der Waals surface area contributed by atoms with Gasteiger partial charge < -0.3 is 5.11 Å². The summed E-state index contributed by atoms with van der Waals surface area (Å²) in [5.41, 5.74) is -19.1. The second-order valence-electron chi connectivity index (χ2n) is 9.89. The Balaban J connectivity index is -0.000000881. The lowest BCUT2D eigenvalue weighted by atomic mass is 9.95. The molecule has 0 aromatic heterocycles. The molecular formula is C17H7F33O9S3. The monoisotopic (exact) mass is 1080 g/mol. The van der Waals surface area contributed by atoms with E-state index in [1.165, 1.54) is 0 Å². The molecule has 0 heterocycles. The molecule has 9 nitrogen and oxygen atoms in total. The molecule has 378 valence electrons. The standard InChI is InChI=1S/C8H3F15O3S.C7H4F12O.C2F6O5S2/c9-2(10)4(13,14)6(17,18)7(19,20)5(15,16)3(11,12)1-26-27(24,25)8(21,22)23;8-2(9)4(12,13)6(16,17)7(18,19)5(14,15)3(10,11)1-20;3-1(4,5)14(9,10)13-15(11,12)2(6,7)8/h2H,1H2;2,20H,1H2;. The molecular weight excluding hydrogens is 1070 g/mol. The summed E-state index contributed by atoms with van der Waals surface area (Å²) in [4.78, 5) is 0. The lowest BCUT2D eigenvalue weighted by molar-refractivity contribution is -0.414. The zero-order valence-electron chi connectivity index (χ0n) is 26.5.